The van der Waals surface area contributed by atoms with Crippen LogP contribution in [0, 0.1) is 5.92 Å². The summed E-state index contributed by atoms with van der Waals surface area (Å²) < 4.78 is 64.6. The van der Waals surface area contributed by atoms with Crippen molar-refractivity contribution in [1.82, 2.24) is 4.72 Å². The third-order valence-corrected chi connectivity index (χ3v) is 9.75. The van der Waals surface area contributed by atoms with E-state index in [0.29, 0.717) is 12.0 Å². The van der Waals surface area contributed by atoms with Gasteiger partial charge in [-0.2, -0.15) is 8.42 Å². The van der Waals surface area contributed by atoms with Crippen LogP contribution in [-0.2, 0) is 20.1 Å². The number of rotatable bonds is 12. The number of sulfonamides is 1. The number of hydrogen-bond acceptors (Lipinski definition) is 5. The smallest absolute Gasteiger partial charge is 0.295 e. The maximum absolute atomic E-state index is 13.2. The average molecular weight is 599 g/mol. The highest BCUT2D eigenvalue weighted by Gasteiger charge is 2.25. The molecule has 0 unspecified atom stereocenters. The Morgan fingerprint density at radius 2 is 1.54 bits per heavy atom. The number of allylic oxidation sites excluding steroid dienone is 6. The van der Waals surface area contributed by atoms with Crippen molar-refractivity contribution in [2.75, 3.05) is 24.5 Å². The van der Waals surface area contributed by atoms with E-state index in [4.69, 9.17) is 0 Å². The van der Waals surface area contributed by atoms with Gasteiger partial charge >= 0.3 is 0 Å². The van der Waals surface area contributed by atoms with E-state index in [1.165, 1.54) is 12.1 Å². The molecule has 0 heterocycles. The molecule has 222 valence electrons. The van der Waals surface area contributed by atoms with Gasteiger partial charge in [0.25, 0.3) is 10.1 Å². The zero-order valence-electron chi connectivity index (χ0n) is 24.8. The first-order valence-electron chi connectivity index (χ1n) is 14.0. The number of nitrogens with zero attached hydrogens (tertiary/aromatic N) is 1. The van der Waals surface area contributed by atoms with E-state index in [2.05, 4.69) is 23.5 Å². The second-order valence-electron chi connectivity index (χ2n) is 10.4. The third-order valence-electron chi connectivity index (χ3n) is 7.40. The second-order valence-corrected chi connectivity index (χ2v) is 13.5. The molecule has 0 bridgehead atoms. The predicted octanol–water partition coefficient (Wildman–Crippen LogP) is 6.76. The molecule has 7 nitrogen and oxygen atoms in total. The summed E-state index contributed by atoms with van der Waals surface area (Å²) in [5, 5.41) is 0. The van der Waals surface area contributed by atoms with Gasteiger partial charge in [-0.15, -0.1) is 0 Å². The van der Waals surface area contributed by atoms with Gasteiger partial charge in [-0.1, -0.05) is 67.5 Å². The van der Waals surface area contributed by atoms with Crippen LogP contribution in [0.2, 0.25) is 0 Å². The van der Waals surface area contributed by atoms with E-state index in [0.717, 1.165) is 53.5 Å². The van der Waals surface area contributed by atoms with E-state index in [1.54, 1.807) is 0 Å². The van der Waals surface area contributed by atoms with Crippen LogP contribution in [0.3, 0.4) is 0 Å². The van der Waals surface area contributed by atoms with Gasteiger partial charge in [0.15, 0.2) is 0 Å². The summed E-state index contributed by atoms with van der Waals surface area (Å²) in [6.45, 7) is 14.1. The first-order valence-corrected chi connectivity index (χ1v) is 17.0. The van der Waals surface area contributed by atoms with Crippen LogP contribution in [-0.4, -0.2) is 41.0 Å². The fraction of sp³-hybridized carbons (Fsp3) is 0.375. The van der Waals surface area contributed by atoms with Gasteiger partial charge in [0, 0.05) is 30.9 Å². The lowest BCUT2D eigenvalue weighted by molar-refractivity contribution is 0.482. The van der Waals surface area contributed by atoms with Crippen molar-refractivity contribution in [3.8, 4) is 0 Å². The lowest BCUT2D eigenvalue weighted by atomic mass is 9.89. The van der Waals surface area contributed by atoms with E-state index >= 15 is 0 Å². The van der Waals surface area contributed by atoms with Gasteiger partial charge < -0.3 is 4.90 Å². The minimum absolute atomic E-state index is 0.182. The summed E-state index contributed by atoms with van der Waals surface area (Å²) in [7, 11) is -8.82. The number of benzene rings is 2. The summed E-state index contributed by atoms with van der Waals surface area (Å²) in [6.07, 6.45) is 9.23. The van der Waals surface area contributed by atoms with Gasteiger partial charge in [-0.25, -0.2) is 13.1 Å². The molecule has 9 heteroatoms. The third kappa shape index (κ3) is 8.07. The molecule has 0 aliphatic heterocycles. The van der Waals surface area contributed by atoms with Gasteiger partial charge in [-0.3, -0.25) is 4.55 Å². The molecular weight excluding hydrogens is 556 g/mol. The molecule has 1 aliphatic rings. The Hall–Kier alpha value is -2.98. The maximum atomic E-state index is 13.2. The number of anilines is 1. The van der Waals surface area contributed by atoms with Crippen molar-refractivity contribution in [1.29, 1.82) is 0 Å². The Balaban J connectivity index is 2.14. The Kier molecular flexibility index (Phi) is 10.9. The van der Waals surface area contributed by atoms with Crippen molar-refractivity contribution in [3.05, 3.63) is 94.6 Å². The van der Waals surface area contributed by atoms with Crippen LogP contribution in [0.15, 0.2) is 93.3 Å². The van der Waals surface area contributed by atoms with E-state index in [1.807, 2.05) is 76.3 Å². The zero-order chi connectivity index (χ0) is 30.4. The van der Waals surface area contributed by atoms with Crippen LogP contribution in [0.25, 0.3) is 5.57 Å². The molecule has 0 amide bonds. The number of nitrogens with one attached hydrogen (secondary N) is 1. The molecule has 41 heavy (non-hydrogen) atoms. The molecule has 2 aromatic rings. The Bertz CT molecular complexity index is 1560. The highest BCUT2D eigenvalue weighted by molar-refractivity contribution is 7.89. The molecular formula is C32H42N2O5S2. The van der Waals surface area contributed by atoms with Crippen LogP contribution < -0.4 is 9.62 Å². The molecule has 1 aliphatic carbocycles. The monoisotopic (exact) mass is 598 g/mol. The van der Waals surface area contributed by atoms with Crippen LogP contribution in [0.5, 0.6) is 0 Å². The lowest BCUT2D eigenvalue weighted by Gasteiger charge is -2.22. The van der Waals surface area contributed by atoms with Crippen molar-refractivity contribution in [2.24, 2.45) is 5.92 Å². The first kappa shape index (κ1) is 32.5. The standard InChI is InChI=1S/C32H42N2O5S2/c1-7-25(23(4)5)20-21-33-40(35,36)29-18-19-30(31(22-29)41(37,38)39)32(26-12-10-24(6)11-13-26)27-14-16-28(17-15-27)34(8-2)9-3/h10-19,22,24,33H,7-9,20-21H2,1-6H3,(H,37,38,39). The van der Waals surface area contributed by atoms with Crippen molar-refractivity contribution >= 4 is 31.4 Å². The molecule has 0 saturated heterocycles. The molecule has 0 radical (unpaired) electrons. The average Bonchev–Trinajstić information content (AvgIpc) is 2.93. The van der Waals surface area contributed by atoms with E-state index in [-0.39, 0.29) is 22.9 Å². The number of hydrogen-bond donors (Lipinski definition) is 2. The summed E-state index contributed by atoms with van der Waals surface area (Å²) >= 11 is 0. The lowest BCUT2D eigenvalue weighted by Crippen LogP contribution is -2.25. The van der Waals surface area contributed by atoms with Crippen LogP contribution in [0.1, 0.15) is 65.5 Å². The summed E-state index contributed by atoms with van der Waals surface area (Å²) in [5.74, 6) is 0.212. The Morgan fingerprint density at radius 3 is 2.05 bits per heavy atom. The van der Waals surface area contributed by atoms with Gasteiger partial charge in [0.05, 0.1) is 4.90 Å². The predicted molar refractivity (Wildman–Crippen MR) is 168 cm³/mol. The van der Waals surface area contributed by atoms with Gasteiger partial charge in [0.2, 0.25) is 10.0 Å². The SMILES string of the molecule is CCC(CCNS(=O)(=O)c1ccc(C(=C2C=CC(C)C=C2)c2ccc(N(CC)CC)cc2)c(S(=O)(=O)O)c1)=C(C)C. The summed E-state index contributed by atoms with van der Waals surface area (Å²) in [4.78, 5) is 1.51. The van der Waals surface area contributed by atoms with E-state index < -0.39 is 25.0 Å². The molecule has 0 aromatic heterocycles. The Morgan fingerprint density at radius 1 is 0.927 bits per heavy atom. The van der Waals surface area contributed by atoms with Crippen molar-refractivity contribution < 1.29 is 21.4 Å². The molecule has 0 fully saturated rings. The highest BCUT2D eigenvalue weighted by atomic mass is 32.2. The summed E-state index contributed by atoms with van der Waals surface area (Å²) in [5.41, 5.74) is 5.64. The fourth-order valence-electron chi connectivity index (χ4n) is 4.99. The van der Waals surface area contributed by atoms with Crippen molar-refractivity contribution in [2.45, 2.75) is 64.2 Å². The summed E-state index contributed by atoms with van der Waals surface area (Å²) in [6, 6.07) is 11.7. The fourth-order valence-corrected chi connectivity index (χ4v) is 6.85. The minimum atomic E-state index is -4.79. The maximum Gasteiger partial charge on any atom is 0.295 e. The first-order chi connectivity index (χ1) is 19.3. The molecule has 2 N–H and O–H groups in total. The van der Waals surface area contributed by atoms with Crippen molar-refractivity contribution in [3.63, 3.8) is 0 Å². The normalized spacial score (nSPS) is 15.2. The zero-order valence-corrected chi connectivity index (χ0v) is 26.4. The van der Waals surface area contributed by atoms with Gasteiger partial charge in [0.1, 0.15) is 4.90 Å². The van der Waals surface area contributed by atoms with Crippen LogP contribution >= 0.6 is 0 Å². The molecule has 0 atom stereocenters. The molecule has 3 rings (SSSR count). The topological polar surface area (TPSA) is 104 Å². The highest BCUT2D eigenvalue weighted by Crippen LogP contribution is 2.36. The van der Waals surface area contributed by atoms with Crippen LogP contribution in [0.4, 0.5) is 5.69 Å². The minimum Gasteiger partial charge on any atom is -0.372 e. The molecule has 0 saturated carbocycles. The van der Waals surface area contributed by atoms with E-state index in [9.17, 15) is 21.4 Å². The Labute approximate surface area is 246 Å². The largest absolute Gasteiger partial charge is 0.372 e. The molecule has 2 aromatic carbocycles. The quantitative estimate of drug-likeness (QED) is 0.207. The second kappa shape index (κ2) is 13.8. The van der Waals surface area contributed by atoms with Gasteiger partial charge in [-0.05, 0) is 87.4 Å². The molecule has 0 spiro atoms.